The molecule has 3 nitrogen and oxygen atoms in total. The fraction of sp³-hybridized carbons (Fsp3) is 0.417. The molecule has 1 aliphatic heterocycles. The quantitative estimate of drug-likeness (QED) is 0.862. The van der Waals surface area contributed by atoms with Crippen LogP contribution >= 0.6 is 12.4 Å². The van der Waals surface area contributed by atoms with Gasteiger partial charge in [0.2, 0.25) is 0 Å². The lowest BCUT2D eigenvalue weighted by molar-refractivity contribution is -0.120. The molecular formula is C12H16ClNO2. The van der Waals surface area contributed by atoms with Crippen molar-refractivity contribution in [3.63, 3.8) is 0 Å². The number of piperidine rings is 1. The Kier molecular flexibility index (Phi) is 4.77. The third-order valence-corrected chi connectivity index (χ3v) is 2.74. The van der Waals surface area contributed by atoms with Gasteiger partial charge >= 0.3 is 0 Å². The molecule has 0 aromatic heterocycles. The fourth-order valence-corrected chi connectivity index (χ4v) is 1.96. The molecule has 2 rings (SSSR count). The maximum atomic E-state index is 11.4. The number of carbonyl (C=O) groups is 1. The van der Waals surface area contributed by atoms with Gasteiger partial charge in [0.05, 0.1) is 7.11 Å². The molecule has 0 radical (unpaired) electrons. The summed E-state index contributed by atoms with van der Waals surface area (Å²) in [5.74, 6) is 1.18. The van der Waals surface area contributed by atoms with Gasteiger partial charge in [-0.05, 0) is 6.07 Å². The number of hydrogen-bond acceptors (Lipinski definition) is 3. The third-order valence-electron chi connectivity index (χ3n) is 2.74. The third kappa shape index (κ3) is 2.74. The van der Waals surface area contributed by atoms with Gasteiger partial charge in [0, 0.05) is 31.0 Å². The molecule has 1 atom stereocenters. The number of ether oxygens (including phenoxy) is 1. The van der Waals surface area contributed by atoms with Gasteiger partial charge in [-0.3, -0.25) is 4.79 Å². The molecular weight excluding hydrogens is 226 g/mol. The van der Waals surface area contributed by atoms with Crippen molar-refractivity contribution >= 4 is 18.2 Å². The zero-order valence-electron chi connectivity index (χ0n) is 9.23. The van der Waals surface area contributed by atoms with E-state index in [-0.39, 0.29) is 18.4 Å². The summed E-state index contributed by atoms with van der Waals surface area (Å²) >= 11 is 0. The lowest BCUT2D eigenvalue weighted by atomic mass is 9.96. The van der Waals surface area contributed by atoms with E-state index >= 15 is 0 Å². The predicted molar refractivity (Wildman–Crippen MR) is 65.2 cm³/mol. The van der Waals surface area contributed by atoms with Crippen molar-refractivity contribution in [2.45, 2.75) is 18.9 Å². The van der Waals surface area contributed by atoms with Crippen molar-refractivity contribution < 1.29 is 9.53 Å². The van der Waals surface area contributed by atoms with Crippen LogP contribution in [-0.2, 0) is 4.79 Å². The van der Waals surface area contributed by atoms with Gasteiger partial charge in [0.25, 0.3) is 0 Å². The van der Waals surface area contributed by atoms with Crippen molar-refractivity contribution in [1.29, 1.82) is 0 Å². The van der Waals surface area contributed by atoms with Crippen LogP contribution < -0.4 is 10.1 Å². The molecule has 1 aromatic carbocycles. The standard InChI is InChI=1S/C12H15NO2.ClH/c1-15-12-5-3-2-4-10(12)11-8-9(14)6-7-13-11;/h2-5,11,13H,6-8H2,1H3;1H. The number of para-hydroxylation sites is 1. The first-order valence-electron chi connectivity index (χ1n) is 5.19. The highest BCUT2D eigenvalue weighted by molar-refractivity contribution is 5.85. The van der Waals surface area contributed by atoms with E-state index in [4.69, 9.17) is 4.74 Å². The SMILES string of the molecule is COc1ccccc1C1CC(=O)CCN1.Cl. The Labute approximate surface area is 102 Å². The maximum absolute atomic E-state index is 11.4. The van der Waals surface area contributed by atoms with Crippen molar-refractivity contribution in [3.8, 4) is 5.75 Å². The van der Waals surface area contributed by atoms with Gasteiger partial charge in [-0.2, -0.15) is 0 Å². The molecule has 0 spiro atoms. The van der Waals surface area contributed by atoms with E-state index in [2.05, 4.69) is 5.32 Å². The number of carbonyl (C=O) groups excluding carboxylic acids is 1. The molecule has 88 valence electrons. The van der Waals surface area contributed by atoms with Crippen LogP contribution in [0.1, 0.15) is 24.4 Å². The smallest absolute Gasteiger partial charge is 0.136 e. The molecule has 1 N–H and O–H groups in total. The minimum atomic E-state index is 0. The Morgan fingerprint density at radius 2 is 2.12 bits per heavy atom. The van der Waals surface area contributed by atoms with E-state index in [1.165, 1.54) is 0 Å². The van der Waals surface area contributed by atoms with Gasteiger partial charge in [0.15, 0.2) is 0 Å². The first-order chi connectivity index (χ1) is 7.31. The van der Waals surface area contributed by atoms with Crippen molar-refractivity contribution in [3.05, 3.63) is 29.8 Å². The Bertz CT molecular complexity index is 368. The highest BCUT2D eigenvalue weighted by atomic mass is 35.5. The fourth-order valence-electron chi connectivity index (χ4n) is 1.96. The molecule has 1 saturated heterocycles. The first kappa shape index (κ1) is 13.0. The van der Waals surface area contributed by atoms with Crippen LogP contribution in [0.5, 0.6) is 5.75 Å². The molecule has 1 fully saturated rings. The second-order valence-electron chi connectivity index (χ2n) is 3.74. The molecule has 0 bridgehead atoms. The highest BCUT2D eigenvalue weighted by Crippen LogP contribution is 2.28. The zero-order chi connectivity index (χ0) is 10.7. The predicted octanol–water partition coefficient (Wildman–Crippen LogP) is 2.11. The van der Waals surface area contributed by atoms with Crippen molar-refractivity contribution in [2.24, 2.45) is 0 Å². The minimum absolute atomic E-state index is 0. The van der Waals surface area contributed by atoms with Gasteiger partial charge in [0.1, 0.15) is 11.5 Å². The van der Waals surface area contributed by atoms with E-state index < -0.39 is 0 Å². The number of halogens is 1. The minimum Gasteiger partial charge on any atom is -0.496 e. The van der Waals surface area contributed by atoms with Crippen molar-refractivity contribution in [1.82, 2.24) is 5.32 Å². The summed E-state index contributed by atoms with van der Waals surface area (Å²) in [5.41, 5.74) is 1.08. The van der Waals surface area contributed by atoms with Crippen LogP contribution in [0.4, 0.5) is 0 Å². The Hall–Kier alpha value is -1.06. The summed E-state index contributed by atoms with van der Waals surface area (Å²) in [4.78, 5) is 11.4. The zero-order valence-corrected chi connectivity index (χ0v) is 10.0. The van der Waals surface area contributed by atoms with Gasteiger partial charge < -0.3 is 10.1 Å². The average molecular weight is 242 g/mol. The van der Waals surface area contributed by atoms with E-state index in [9.17, 15) is 4.79 Å². The average Bonchev–Trinajstić information content (AvgIpc) is 2.29. The number of rotatable bonds is 2. The number of nitrogens with one attached hydrogen (secondary N) is 1. The molecule has 16 heavy (non-hydrogen) atoms. The second-order valence-corrected chi connectivity index (χ2v) is 3.74. The van der Waals surface area contributed by atoms with Crippen LogP contribution in [0.2, 0.25) is 0 Å². The topological polar surface area (TPSA) is 38.3 Å². The van der Waals surface area contributed by atoms with Crippen LogP contribution in [0.15, 0.2) is 24.3 Å². The number of hydrogen-bond donors (Lipinski definition) is 1. The van der Waals surface area contributed by atoms with E-state index in [0.29, 0.717) is 18.6 Å². The molecule has 1 unspecified atom stereocenters. The summed E-state index contributed by atoms with van der Waals surface area (Å²) in [6.07, 6.45) is 1.21. The van der Waals surface area contributed by atoms with Crippen molar-refractivity contribution in [2.75, 3.05) is 13.7 Å². The summed E-state index contributed by atoms with van der Waals surface area (Å²) in [7, 11) is 1.66. The lowest BCUT2D eigenvalue weighted by Gasteiger charge is -2.24. The van der Waals surface area contributed by atoms with E-state index in [0.717, 1.165) is 17.9 Å². The van der Waals surface area contributed by atoms with Crippen LogP contribution in [0, 0.1) is 0 Å². The summed E-state index contributed by atoms with van der Waals surface area (Å²) in [6, 6.07) is 7.96. The Balaban J connectivity index is 0.00000128. The molecule has 0 saturated carbocycles. The van der Waals surface area contributed by atoms with Crippen LogP contribution in [-0.4, -0.2) is 19.4 Å². The van der Waals surface area contributed by atoms with Gasteiger partial charge in [-0.1, -0.05) is 18.2 Å². The van der Waals surface area contributed by atoms with Gasteiger partial charge in [-0.25, -0.2) is 0 Å². The largest absolute Gasteiger partial charge is 0.496 e. The number of benzene rings is 1. The summed E-state index contributed by atoms with van der Waals surface area (Å²) in [6.45, 7) is 0.765. The first-order valence-corrected chi connectivity index (χ1v) is 5.19. The van der Waals surface area contributed by atoms with Crippen LogP contribution in [0.25, 0.3) is 0 Å². The molecule has 1 aromatic rings. The van der Waals surface area contributed by atoms with E-state index in [1.807, 2.05) is 24.3 Å². The van der Waals surface area contributed by atoms with Crippen LogP contribution in [0.3, 0.4) is 0 Å². The second kappa shape index (κ2) is 5.87. The molecule has 4 heteroatoms. The lowest BCUT2D eigenvalue weighted by Crippen LogP contribution is -2.32. The Morgan fingerprint density at radius 1 is 1.38 bits per heavy atom. The molecule has 1 aliphatic rings. The number of ketones is 1. The monoisotopic (exact) mass is 241 g/mol. The van der Waals surface area contributed by atoms with E-state index in [1.54, 1.807) is 7.11 Å². The Morgan fingerprint density at radius 3 is 2.81 bits per heavy atom. The molecule has 0 aliphatic carbocycles. The maximum Gasteiger partial charge on any atom is 0.136 e. The number of methoxy groups -OCH3 is 1. The normalized spacial score (nSPS) is 20.1. The molecule has 1 heterocycles. The summed E-state index contributed by atoms with van der Waals surface area (Å²) < 4.78 is 5.28. The highest BCUT2D eigenvalue weighted by Gasteiger charge is 2.22. The number of Topliss-reactive ketones (excluding diaryl/α,β-unsaturated/α-hetero) is 1. The van der Waals surface area contributed by atoms with Gasteiger partial charge in [-0.15, -0.1) is 12.4 Å². The summed E-state index contributed by atoms with van der Waals surface area (Å²) in [5, 5.41) is 3.34. The molecule has 0 amide bonds.